The Morgan fingerprint density at radius 2 is 1.71 bits per heavy atom. The Labute approximate surface area is 202 Å². The van der Waals surface area contributed by atoms with Gasteiger partial charge in [-0.1, -0.05) is 45.1 Å². The number of carbonyl (C=O) groups is 3. The van der Waals surface area contributed by atoms with Crippen LogP contribution in [0.1, 0.15) is 47.5 Å². The second-order valence-electron chi connectivity index (χ2n) is 10.9. The highest BCUT2D eigenvalue weighted by molar-refractivity contribution is 6.00. The summed E-state index contributed by atoms with van der Waals surface area (Å²) >= 11 is 0. The van der Waals surface area contributed by atoms with Gasteiger partial charge in [-0.2, -0.15) is 0 Å². The van der Waals surface area contributed by atoms with E-state index in [1.54, 1.807) is 21.7 Å². The summed E-state index contributed by atoms with van der Waals surface area (Å²) in [5, 5.41) is 10.3. The van der Waals surface area contributed by atoms with Crippen LogP contribution in [0.25, 0.3) is 0 Å². The highest BCUT2D eigenvalue weighted by atomic mass is 16.5. The van der Waals surface area contributed by atoms with E-state index in [1.807, 2.05) is 58.9 Å². The first-order valence-corrected chi connectivity index (χ1v) is 12.6. The molecule has 2 saturated heterocycles. The minimum Gasteiger partial charge on any atom is -0.394 e. The molecule has 0 aromatic carbocycles. The van der Waals surface area contributed by atoms with Crippen molar-refractivity contribution in [2.24, 2.45) is 17.8 Å². The van der Waals surface area contributed by atoms with E-state index in [2.05, 4.69) is 0 Å². The molecule has 0 aromatic heterocycles. The molecule has 1 N–H and O–H groups in total. The van der Waals surface area contributed by atoms with Crippen LogP contribution >= 0.6 is 0 Å². The molecule has 1 unspecified atom stereocenters. The molecule has 0 bridgehead atoms. The van der Waals surface area contributed by atoms with Gasteiger partial charge in [0.2, 0.25) is 17.7 Å². The van der Waals surface area contributed by atoms with Gasteiger partial charge in [-0.15, -0.1) is 0 Å². The number of amides is 3. The molecule has 4 rings (SSSR count). The molecule has 4 aliphatic heterocycles. The van der Waals surface area contributed by atoms with E-state index in [0.29, 0.717) is 25.9 Å². The smallest absolute Gasteiger partial charge is 0.249 e. The summed E-state index contributed by atoms with van der Waals surface area (Å²) in [5.74, 6) is -1.95. The quantitative estimate of drug-likeness (QED) is 0.592. The fourth-order valence-corrected chi connectivity index (χ4v) is 6.52. The fraction of sp³-hybridized carbons (Fsp3) is 0.731. The number of hydrogen-bond donors (Lipinski definition) is 1. The van der Waals surface area contributed by atoms with Crippen molar-refractivity contribution in [3.8, 4) is 0 Å². The predicted molar refractivity (Wildman–Crippen MR) is 128 cm³/mol. The zero-order valence-electron chi connectivity index (χ0n) is 21.2. The van der Waals surface area contributed by atoms with Gasteiger partial charge >= 0.3 is 0 Å². The van der Waals surface area contributed by atoms with Gasteiger partial charge in [-0.25, -0.2) is 0 Å². The molecular formula is C26H39N3O5. The Hall–Kier alpha value is -2.19. The van der Waals surface area contributed by atoms with Crippen LogP contribution in [0.2, 0.25) is 0 Å². The van der Waals surface area contributed by atoms with E-state index < -0.39 is 35.1 Å². The Kier molecular flexibility index (Phi) is 6.44. The monoisotopic (exact) mass is 473 g/mol. The standard InChI is InChI=1S/C26H39N3O5/c1-7-25-10-8-12-27(6)22(31)19(25)20-23(32)29(18(15-30)14-16(2)3)21-24(33)28(17(4)5)13-9-11-26(20,21)34-25/h8-11,16-21,30H,7,12-15H2,1-6H3/t18-,19-,20+,21?,25+,26+/m1/s1. The number of nitrogens with zero attached hydrogens (tertiary/aromatic N) is 3. The minimum atomic E-state index is -1.26. The highest BCUT2D eigenvalue weighted by Gasteiger charge is 2.75. The molecule has 8 heteroatoms. The zero-order chi connectivity index (χ0) is 25.0. The van der Waals surface area contributed by atoms with Crippen molar-refractivity contribution in [3.63, 3.8) is 0 Å². The first kappa shape index (κ1) is 24.9. The number of likely N-dealkylation sites (N-methyl/N-ethyl adjacent to an activating group) is 1. The molecule has 0 aromatic rings. The number of ether oxygens (including phenoxy) is 1. The summed E-state index contributed by atoms with van der Waals surface area (Å²) < 4.78 is 6.88. The maximum absolute atomic E-state index is 14.3. The fourth-order valence-electron chi connectivity index (χ4n) is 6.52. The number of aliphatic hydroxyl groups is 1. The normalized spacial score (nSPS) is 36.2. The van der Waals surface area contributed by atoms with E-state index in [-0.39, 0.29) is 36.3 Å². The first-order chi connectivity index (χ1) is 16.0. The number of hydrogen-bond acceptors (Lipinski definition) is 5. The summed E-state index contributed by atoms with van der Waals surface area (Å²) in [7, 11) is 1.74. The summed E-state index contributed by atoms with van der Waals surface area (Å²) in [6.45, 7) is 10.5. The van der Waals surface area contributed by atoms with E-state index in [1.165, 1.54) is 0 Å². The lowest BCUT2D eigenvalue weighted by Gasteiger charge is -2.41. The Bertz CT molecular complexity index is 914. The molecule has 0 radical (unpaired) electrons. The van der Waals surface area contributed by atoms with Crippen molar-refractivity contribution in [1.82, 2.24) is 14.7 Å². The summed E-state index contributed by atoms with van der Waals surface area (Å²) in [5.41, 5.74) is -2.22. The van der Waals surface area contributed by atoms with Crippen LogP contribution in [0.5, 0.6) is 0 Å². The summed E-state index contributed by atoms with van der Waals surface area (Å²) in [6, 6.07) is -1.53. The van der Waals surface area contributed by atoms with Crippen LogP contribution < -0.4 is 0 Å². The Morgan fingerprint density at radius 1 is 1.03 bits per heavy atom. The predicted octanol–water partition coefficient (Wildman–Crippen LogP) is 1.59. The lowest BCUT2D eigenvalue weighted by molar-refractivity contribution is -0.158. The average molecular weight is 474 g/mol. The van der Waals surface area contributed by atoms with E-state index in [9.17, 15) is 19.5 Å². The first-order valence-electron chi connectivity index (χ1n) is 12.6. The molecule has 3 amide bonds. The van der Waals surface area contributed by atoms with Crippen LogP contribution in [-0.2, 0) is 19.1 Å². The van der Waals surface area contributed by atoms with Crippen LogP contribution in [0.4, 0.5) is 0 Å². The molecule has 6 atom stereocenters. The second kappa shape index (κ2) is 8.79. The summed E-state index contributed by atoms with van der Waals surface area (Å²) in [6.07, 6.45) is 8.70. The Balaban J connectivity index is 1.93. The van der Waals surface area contributed by atoms with Gasteiger partial charge in [0, 0.05) is 26.2 Å². The lowest BCUT2D eigenvalue weighted by Crippen LogP contribution is -2.59. The molecule has 8 nitrogen and oxygen atoms in total. The lowest BCUT2D eigenvalue weighted by atomic mass is 9.73. The van der Waals surface area contributed by atoms with Crippen LogP contribution in [0.15, 0.2) is 24.3 Å². The summed E-state index contributed by atoms with van der Waals surface area (Å²) in [4.78, 5) is 47.0. The van der Waals surface area contributed by atoms with Crippen LogP contribution in [0.3, 0.4) is 0 Å². The maximum atomic E-state index is 14.3. The third-order valence-electron chi connectivity index (χ3n) is 8.08. The third kappa shape index (κ3) is 3.44. The second-order valence-corrected chi connectivity index (χ2v) is 10.9. The molecule has 2 fully saturated rings. The van der Waals surface area contributed by atoms with Crippen molar-refractivity contribution in [1.29, 1.82) is 0 Å². The van der Waals surface area contributed by atoms with Crippen molar-refractivity contribution >= 4 is 17.7 Å². The van der Waals surface area contributed by atoms with Crippen molar-refractivity contribution in [3.05, 3.63) is 24.3 Å². The van der Waals surface area contributed by atoms with Gasteiger partial charge < -0.3 is 24.5 Å². The largest absolute Gasteiger partial charge is 0.394 e. The number of fused-ring (bicyclic) bond motifs is 2. The highest BCUT2D eigenvalue weighted by Crippen LogP contribution is 2.59. The molecule has 1 spiro atoms. The van der Waals surface area contributed by atoms with E-state index in [0.717, 1.165) is 0 Å². The Morgan fingerprint density at radius 3 is 2.29 bits per heavy atom. The SMILES string of the molecule is CC[C@]12C=CCN(C)C(=O)[C@H]1[C@H]1C(=O)N([C@@H](CO)CC(C)C)C3C(=O)N(C(C)C)CC=C[C@@]31O2. The van der Waals surface area contributed by atoms with Crippen molar-refractivity contribution in [2.75, 3.05) is 26.7 Å². The van der Waals surface area contributed by atoms with Gasteiger partial charge in [0.15, 0.2) is 0 Å². The average Bonchev–Trinajstić information content (AvgIpc) is 3.08. The molecule has 0 aliphatic carbocycles. The van der Waals surface area contributed by atoms with Gasteiger partial charge in [-0.05, 0) is 32.6 Å². The molecule has 34 heavy (non-hydrogen) atoms. The van der Waals surface area contributed by atoms with E-state index >= 15 is 0 Å². The van der Waals surface area contributed by atoms with Gasteiger partial charge in [0.05, 0.1) is 30.1 Å². The molecule has 4 heterocycles. The van der Waals surface area contributed by atoms with E-state index in [4.69, 9.17) is 4.74 Å². The number of carbonyl (C=O) groups excluding carboxylic acids is 3. The van der Waals surface area contributed by atoms with Gasteiger partial charge in [-0.3, -0.25) is 14.4 Å². The zero-order valence-corrected chi connectivity index (χ0v) is 21.2. The maximum Gasteiger partial charge on any atom is 0.249 e. The minimum absolute atomic E-state index is 0.0688. The topological polar surface area (TPSA) is 90.4 Å². The van der Waals surface area contributed by atoms with Gasteiger partial charge in [0.25, 0.3) is 0 Å². The molecular weight excluding hydrogens is 434 g/mol. The molecule has 0 saturated carbocycles. The number of aliphatic hydroxyl groups excluding tert-OH is 1. The van der Waals surface area contributed by atoms with Crippen molar-refractivity contribution < 1.29 is 24.2 Å². The number of rotatable bonds is 6. The third-order valence-corrected chi connectivity index (χ3v) is 8.08. The number of likely N-dealkylation sites (tertiary alicyclic amines) is 1. The molecule has 4 aliphatic rings. The molecule has 188 valence electrons. The van der Waals surface area contributed by atoms with Crippen LogP contribution in [0, 0.1) is 17.8 Å². The van der Waals surface area contributed by atoms with Crippen LogP contribution in [-0.4, -0.2) is 93.6 Å². The van der Waals surface area contributed by atoms with Gasteiger partial charge in [0.1, 0.15) is 11.6 Å². The van der Waals surface area contributed by atoms with Crippen molar-refractivity contribution in [2.45, 2.75) is 76.8 Å².